The van der Waals surface area contributed by atoms with Crippen molar-refractivity contribution in [3.63, 3.8) is 0 Å². The summed E-state index contributed by atoms with van der Waals surface area (Å²) in [5.41, 5.74) is 13.9. The molecule has 1 saturated heterocycles. The molecule has 16 nitrogen and oxygen atoms in total. The molecular formula is C37H62ClN9O7. The summed E-state index contributed by atoms with van der Waals surface area (Å²) in [4.78, 5) is 40.2. The fourth-order valence-electron chi connectivity index (χ4n) is 6.77. The molecule has 3 amide bonds. The minimum atomic E-state index is -1.69. The molecule has 11 N–H and O–H groups in total. The number of rotatable bonds is 22. The van der Waals surface area contributed by atoms with E-state index in [0.29, 0.717) is 45.8 Å². The van der Waals surface area contributed by atoms with Gasteiger partial charge in [0.1, 0.15) is 18.3 Å². The van der Waals surface area contributed by atoms with Gasteiger partial charge in [-0.1, -0.05) is 62.1 Å². The van der Waals surface area contributed by atoms with E-state index in [0.717, 1.165) is 44.9 Å². The number of unbranched alkanes of at least 4 members (excludes halogenated alkanes) is 3. The van der Waals surface area contributed by atoms with Crippen molar-refractivity contribution in [1.29, 1.82) is 0 Å². The minimum Gasteiger partial charge on any atom is -0.394 e. The highest BCUT2D eigenvalue weighted by molar-refractivity contribution is 6.31. The molecule has 1 aliphatic rings. The lowest BCUT2D eigenvalue weighted by Crippen LogP contribution is -2.52. The Morgan fingerprint density at radius 1 is 0.963 bits per heavy atom. The number of aliphatic hydroxyl groups excluding tert-OH is 5. The third kappa shape index (κ3) is 14.1. The van der Waals surface area contributed by atoms with Crippen LogP contribution in [0.3, 0.4) is 0 Å². The molecule has 3 rings (SSSR count). The average molecular weight is 780 g/mol. The number of carbonyl (C=O) groups is 2. The second kappa shape index (κ2) is 22.9. The number of nitrogen functional groups attached to an aromatic ring is 2. The zero-order valence-electron chi connectivity index (χ0n) is 31.9. The topological polar surface area (TPSA) is 247 Å². The monoisotopic (exact) mass is 779 g/mol. The Kier molecular flexibility index (Phi) is 19.1. The average Bonchev–Trinajstić information content (AvgIpc) is 3.16. The molecule has 5 atom stereocenters. The SMILES string of the molecule is CCCCCCN(CCNC(=O)N1CCC(N(C)CC(CNC(=O)c2nc(Cl)c(N)nc2N)Cc2ccccc2C)CC1)CC(O)C(O)C(O)C(O)CO. The van der Waals surface area contributed by atoms with Gasteiger partial charge in [0.05, 0.1) is 12.7 Å². The van der Waals surface area contributed by atoms with Crippen molar-refractivity contribution < 1.29 is 35.1 Å². The van der Waals surface area contributed by atoms with Crippen LogP contribution >= 0.6 is 11.6 Å². The molecule has 0 spiro atoms. The molecule has 0 saturated carbocycles. The molecule has 54 heavy (non-hydrogen) atoms. The summed E-state index contributed by atoms with van der Waals surface area (Å²) in [7, 11) is 2.07. The van der Waals surface area contributed by atoms with E-state index in [9.17, 15) is 30.0 Å². The highest BCUT2D eigenvalue weighted by Gasteiger charge is 2.31. The summed E-state index contributed by atoms with van der Waals surface area (Å²) in [6, 6.07) is 8.23. The van der Waals surface area contributed by atoms with Crippen LogP contribution in [0.1, 0.15) is 67.1 Å². The summed E-state index contributed by atoms with van der Waals surface area (Å²) in [5.74, 6) is -0.572. The lowest BCUT2D eigenvalue weighted by Gasteiger charge is -2.38. The van der Waals surface area contributed by atoms with E-state index in [1.807, 2.05) is 17.0 Å². The van der Waals surface area contributed by atoms with Crippen molar-refractivity contribution >= 4 is 35.2 Å². The number of aryl methyl sites for hydroxylation is 1. The van der Waals surface area contributed by atoms with Crippen LogP contribution < -0.4 is 22.1 Å². The second-order valence-electron chi connectivity index (χ2n) is 14.4. The second-order valence-corrected chi connectivity index (χ2v) is 14.7. The van der Waals surface area contributed by atoms with Crippen LogP contribution in [0.4, 0.5) is 16.4 Å². The number of aliphatic hydroxyl groups is 5. The van der Waals surface area contributed by atoms with Crippen LogP contribution in [0.25, 0.3) is 0 Å². The number of hydrogen-bond acceptors (Lipinski definition) is 13. The number of urea groups is 1. The van der Waals surface area contributed by atoms with Gasteiger partial charge >= 0.3 is 6.03 Å². The van der Waals surface area contributed by atoms with E-state index in [1.165, 1.54) is 11.1 Å². The van der Waals surface area contributed by atoms with Gasteiger partial charge in [-0.3, -0.25) is 9.69 Å². The van der Waals surface area contributed by atoms with Gasteiger partial charge in [-0.15, -0.1) is 0 Å². The molecule has 1 aromatic heterocycles. The fraction of sp³-hybridized carbons (Fsp3) is 0.676. The van der Waals surface area contributed by atoms with E-state index < -0.39 is 36.9 Å². The van der Waals surface area contributed by atoms with Gasteiger partial charge in [0.2, 0.25) is 0 Å². The van der Waals surface area contributed by atoms with Crippen molar-refractivity contribution in [1.82, 2.24) is 35.3 Å². The maximum atomic E-state index is 13.2. The number of nitrogens with two attached hydrogens (primary N) is 2. The molecule has 304 valence electrons. The normalized spacial score (nSPS) is 16.6. The van der Waals surface area contributed by atoms with E-state index in [1.54, 1.807) is 4.90 Å². The van der Waals surface area contributed by atoms with Crippen molar-refractivity contribution in [2.45, 2.75) is 89.3 Å². The van der Waals surface area contributed by atoms with Gasteiger partial charge in [-0.05, 0) is 63.2 Å². The number of carbonyl (C=O) groups excluding carboxylic acids is 2. The van der Waals surface area contributed by atoms with E-state index >= 15 is 0 Å². The third-order valence-corrected chi connectivity index (χ3v) is 10.4. The quantitative estimate of drug-likeness (QED) is 0.0745. The standard InChI is InChI=1S/C37H62ClN9O7/c1-4-5-6-9-15-46(22-28(49)31(51)32(52)29(50)23-48)18-14-41-37(54)47-16-12-27(13-17-47)45(3)21-25(19-26-11-8-7-10-24(26)2)20-42-36(53)30-34(39)44-35(40)33(38)43-30/h7-8,10-11,25,27-29,31-32,48-52H,4-6,9,12-23H2,1-3H3,(H,41,54)(H,42,53)(H4,39,40,44). The molecule has 0 aliphatic carbocycles. The van der Waals surface area contributed by atoms with Crippen LogP contribution in [0.2, 0.25) is 5.15 Å². The Morgan fingerprint density at radius 3 is 2.31 bits per heavy atom. The van der Waals surface area contributed by atoms with Crippen molar-refractivity contribution in [2.75, 3.05) is 77.5 Å². The van der Waals surface area contributed by atoms with E-state index in [4.69, 9.17) is 28.2 Å². The van der Waals surface area contributed by atoms with Crippen LogP contribution in [0, 0.1) is 12.8 Å². The fourth-order valence-corrected chi connectivity index (χ4v) is 6.90. The maximum absolute atomic E-state index is 13.2. The molecular weight excluding hydrogens is 718 g/mol. The molecule has 0 bridgehead atoms. The van der Waals surface area contributed by atoms with Crippen LogP contribution in [-0.2, 0) is 6.42 Å². The number of likely N-dealkylation sites (tertiary alicyclic amines) is 1. The van der Waals surface area contributed by atoms with Crippen molar-refractivity contribution in [3.05, 3.63) is 46.2 Å². The van der Waals surface area contributed by atoms with Gasteiger partial charge in [0.15, 0.2) is 22.5 Å². The van der Waals surface area contributed by atoms with Gasteiger partial charge in [-0.25, -0.2) is 14.8 Å². The molecule has 1 fully saturated rings. The van der Waals surface area contributed by atoms with Crippen molar-refractivity contribution in [2.24, 2.45) is 5.92 Å². The minimum absolute atomic E-state index is 0.0303. The molecule has 5 unspecified atom stereocenters. The first-order valence-corrected chi connectivity index (χ1v) is 19.3. The Bertz CT molecular complexity index is 1450. The zero-order valence-corrected chi connectivity index (χ0v) is 32.7. The predicted octanol–water partition coefficient (Wildman–Crippen LogP) is 0.616. The number of halogens is 1. The Morgan fingerprint density at radius 2 is 1.65 bits per heavy atom. The van der Waals surface area contributed by atoms with Crippen LogP contribution in [0.15, 0.2) is 24.3 Å². The van der Waals surface area contributed by atoms with Gasteiger partial charge in [0, 0.05) is 51.9 Å². The summed E-state index contributed by atoms with van der Waals surface area (Å²) >= 11 is 6.00. The van der Waals surface area contributed by atoms with Gasteiger partial charge in [0.25, 0.3) is 5.91 Å². The molecule has 0 radical (unpaired) electrons. The van der Waals surface area contributed by atoms with Gasteiger partial charge in [-0.2, -0.15) is 0 Å². The Labute approximate surface area is 323 Å². The number of nitrogens with one attached hydrogen (secondary N) is 2. The summed E-state index contributed by atoms with van der Waals surface area (Å²) < 4.78 is 0. The zero-order chi connectivity index (χ0) is 39.8. The number of nitrogens with zero attached hydrogens (tertiary/aromatic N) is 5. The third-order valence-electron chi connectivity index (χ3n) is 10.2. The largest absolute Gasteiger partial charge is 0.394 e. The smallest absolute Gasteiger partial charge is 0.317 e. The molecule has 2 heterocycles. The number of anilines is 2. The number of amides is 3. The Hall–Kier alpha value is -3.35. The first-order chi connectivity index (χ1) is 25.7. The highest BCUT2D eigenvalue weighted by atomic mass is 35.5. The van der Waals surface area contributed by atoms with Crippen LogP contribution in [0.5, 0.6) is 0 Å². The maximum Gasteiger partial charge on any atom is 0.317 e. The Balaban J connectivity index is 1.53. The lowest BCUT2D eigenvalue weighted by atomic mass is 9.94. The number of hydrogen-bond donors (Lipinski definition) is 9. The van der Waals surface area contributed by atoms with E-state index in [2.05, 4.69) is 58.5 Å². The summed E-state index contributed by atoms with van der Waals surface area (Å²) in [6.07, 6.45) is 0.0278. The number of benzene rings is 1. The first kappa shape index (κ1) is 45.0. The van der Waals surface area contributed by atoms with E-state index in [-0.39, 0.29) is 47.0 Å². The first-order valence-electron chi connectivity index (χ1n) is 18.9. The summed E-state index contributed by atoms with van der Waals surface area (Å²) in [5, 5.41) is 55.6. The van der Waals surface area contributed by atoms with Gasteiger partial charge < -0.3 is 57.4 Å². The highest BCUT2D eigenvalue weighted by Crippen LogP contribution is 2.21. The molecule has 17 heteroatoms. The lowest BCUT2D eigenvalue weighted by molar-refractivity contribution is -0.119. The van der Waals surface area contributed by atoms with Crippen molar-refractivity contribution in [3.8, 4) is 0 Å². The molecule has 2 aromatic rings. The number of piperidine rings is 1. The summed E-state index contributed by atoms with van der Waals surface area (Å²) in [6.45, 7) is 7.05. The van der Waals surface area contributed by atoms with Crippen LogP contribution in [-0.4, -0.2) is 159 Å². The molecule has 1 aliphatic heterocycles. The number of aromatic nitrogens is 2. The predicted molar refractivity (Wildman–Crippen MR) is 209 cm³/mol. The molecule has 1 aromatic carbocycles.